The van der Waals surface area contributed by atoms with Crippen molar-refractivity contribution in [2.45, 2.75) is 62.9 Å². The maximum atomic E-state index is 14.9. The first-order valence-electron chi connectivity index (χ1n) is 18.5. The van der Waals surface area contributed by atoms with Gasteiger partial charge in [-0.2, -0.15) is 0 Å². The first-order chi connectivity index (χ1) is 26.1. The Bertz CT molecular complexity index is 2410. The first kappa shape index (κ1) is 34.3. The minimum absolute atomic E-state index is 0.0546. The molecule has 3 aliphatic rings. The van der Waals surface area contributed by atoms with Crippen LogP contribution in [0.3, 0.4) is 0 Å². The monoisotopic (exact) mass is 735 g/mol. The van der Waals surface area contributed by atoms with Gasteiger partial charge in [0.05, 0.1) is 35.8 Å². The van der Waals surface area contributed by atoms with Gasteiger partial charge in [0.1, 0.15) is 11.8 Å². The minimum Gasteiger partial charge on any atom is -0.432 e. The molecule has 2 amide bonds. The van der Waals surface area contributed by atoms with Crippen molar-refractivity contribution in [3.63, 3.8) is 0 Å². The summed E-state index contributed by atoms with van der Waals surface area (Å²) in [5.74, 6) is -0.496. The Kier molecular flexibility index (Phi) is 8.16. The molecule has 4 heterocycles. The molecule has 0 aliphatic carbocycles. The highest BCUT2D eigenvalue weighted by molar-refractivity contribution is 6.71. The van der Waals surface area contributed by atoms with Gasteiger partial charge in [0.25, 0.3) is 11.8 Å². The average Bonchev–Trinajstić information content (AvgIpc) is 3.91. The second kappa shape index (κ2) is 12.8. The van der Waals surface area contributed by atoms with Gasteiger partial charge in [-0.25, -0.2) is 0 Å². The molecule has 0 radical (unpaired) electrons. The Morgan fingerprint density at radius 1 is 0.870 bits per heavy atom. The van der Waals surface area contributed by atoms with Crippen LogP contribution in [0.1, 0.15) is 52.2 Å². The smallest absolute Gasteiger partial charge is 0.264 e. The van der Waals surface area contributed by atoms with Gasteiger partial charge in [-0.3, -0.25) is 19.2 Å². The number of aliphatic hydroxyl groups is 1. The van der Waals surface area contributed by atoms with Crippen molar-refractivity contribution < 1.29 is 24.2 Å². The van der Waals surface area contributed by atoms with E-state index in [2.05, 4.69) is 10.3 Å². The van der Waals surface area contributed by atoms with Gasteiger partial charge < -0.3 is 19.5 Å². The third kappa shape index (κ3) is 5.33. The molecule has 10 nitrogen and oxygen atoms in total. The molecule has 9 rings (SSSR count). The fraction of sp³-hybridized carbons (Fsp3) is 0.256. The predicted octanol–water partition coefficient (Wildman–Crippen LogP) is 7.24. The average molecular weight is 736 g/mol. The highest BCUT2D eigenvalue weighted by Crippen LogP contribution is 2.59. The van der Waals surface area contributed by atoms with Crippen molar-refractivity contribution in [1.82, 2.24) is 15.0 Å². The summed E-state index contributed by atoms with van der Waals surface area (Å²) in [6, 6.07) is 36.8. The van der Waals surface area contributed by atoms with Gasteiger partial charge in [0.2, 0.25) is 0 Å². The molecule has 5 atom stereocenters. The molecule has 0 saturated carbocycles. The number of carbonyl (C=O) groups excluding carboxylic acids is 2. The van der Waals surface area contributed by atoms with Crippen LogP contribution in [-0.4, -0.2) is 51.1 Å². The van der Waals surface area contributed by atoms with Crippen molar-refractivity contribution in [3.8, 4) is 0 Å². The normalized spacial score (nSPS) is 22.5. The Labute approximate surface area is 314 Å². The van der Waals surface area contributed by atoms with Crippen molar-refractivity contribution in [2.75, 3.05) is 9.80 Å². The maximum absolute atomic E-state index is 14.9. The molecular formula is C43H41N5O5Si. The van der Waals surface area contributed by atoms with Crippen molar-refractivity contribution in [1.29, 1.82) is 0 Å². The molecule has 0 unspecified atom stereocenters. The van der Waals surface area contributed by atoms with E-state index in [1.165, 1.54) is 0 Å². The molecule has 1 fully saturated rings. The van der Waals surface area contributed by atoms with Crippen LogP contribution in [0.25, 0.3) is 10.8 Å². The lowest BCUT2D eigenvalue weighted by atomic mass is 9.82. The molecule has 272 valence electrons. The molecular weight excluding hydrogens is 695 g/mol. The molecule has 0 bridgehead atoms. The number of nitrogens with zero attached hydrogens (tertiary/aromatic N) is 5. The zero-order valence-electron chi connectivity index (χ0n) is 30.3. The Hall–Kier alpha value is -5.46. The standard InChI is InChI=1S/C43H41N5O5Si/c1-27-40(54(2,3)52)37(23-24-46-26-34(44-45-46)39(49)30-11-5-4-6-12-30)53-43(27)33-16-7-8-17-35(33)47(42(43)51)25-28-19-21-31(22-20-28)48-36-18-10-14-29-13-9-15-32(38(29)36)41(48)50/h4-22,26-27,37,39-40,49,52H,23-25H2,1-3H3/t27-,37+,39-,40-,43+/m1/s1. The van der Waals surface area contributed by atoms with Crippen LogP contribution in [0.5, 0.6) is 0 Å². The number of hydrogen-bond acceptors (Lipinski definition) is 7. The molecule has 1 aromatic heterocycles. The van der Waals surface area contributed by atoms with Crippen molar-refractivity contribution in [2.24, 2.45) is 5.92 Å². The summed E-state index contributed by atoms with van der Waals surface area (Å²) in [5, 5.41) is 21.4. The molecule has 1 spiro atoms. The first-order valence-corrected chi connectivity index (χ1v) is 21.5. The Morgan fingerprint density at radius 2 is 1.57 bits per heavy atom. The zero-order valence-corrected chi connectivity index (χ0v) is 31.3. The van der Waals surface area contributed by atoms with E-state index >= 15 is 0 Å². The second-order valence-corrected chi connectivity index (χ2v) is 19.2. The number of ether oxygens (including phenoxy) is 1. The van der Waals surface area contributed by atoms with E-state index in [4.69, 9.17) is 4.74 Å². The van der Waals surface area contributed by atoms with Crippen LogP contribution in [0.15, 0.2) is 121 Å². The number of para-hydroxylation sites is 1. The number of aliphatic hydroxyl groups excluding tert-OH is 1. The van der Waals surface area contributed by atoms with E-state index in [1.807, 2.05) is 135 Å². The number of fused-ring (bicyclic) bond motifs is 2. The lowest BCUT2D eigenvalue weighted by Gasteiger charge is -2.32. The third-order valence-corrected chi connectivity index (χ3v) is 14.1. The fourth-order valence-corrected chi connectivity index (χ4v) is 11.8. The van der Waals surface area contributed by atoms with E-state index in [9.17, 15) is 19.5 Å². The summed E-state index contributed by atoms with van der Waals surface area (Å²) in [4.78, 5) is 43.7. The molecule has 1 saturated heterocycles. The van der Waals surface area contributed by atoms with Gasteiger partial charge in [0, 0.05) is 34.6 Å². The number of rotatable bonds is 9. The number of anilines is 3. The quantitative estimate of drug-likeness (QED) is 0.150. The summed E-state index contributed by atoms with van der Waals surface area (Å²) in [6.45, 7) is 6.63. The summed E-state index contributed by atoms with van der Waals surface area (Å²) < 4.78 is 8.69. The van der Waals surface area contributed by atoms with E-state index in [0.717, 1.165) is 44.5 Å². The minimum atomic E-state index is -2.86. The number of aryl methyl sites for hydroxylation is 1. The van der Waals surface area contributed by atoms with Crippen LogP contribution >= 0.6 is 0 Å². The van der Waals surface area contributed by atoms with Crippen LogP contribution in [0.4, 0.5) is 17.1 Å². The fourth-order valence-electron chi connectivity index (χ4n) is 9.18. The Morgan fingerprint density at radius 3 is 2.33 bits per heavy atom. The molecule has 6 aromatic rings. The lowest BCUT2D eigenvalue weighted by molar-refractivity contribution is -0.146. The van der Waals surface area contributed by atoms with Gasteiger partial charge in [-0.1, -0.05) is 97.1 Å². The SMILES string of the molecule is C[C@@H]1[C@@H]([Si](C)(C)O)[C@H](CCn2cc([C@H](O)c3ccccc3)nn2)O[C@@]12C(=O)N(Cc1ccc(N3C(=O)c4cccc5cccc3c45)cc1)c1ccccc12. The summed E-state index contributed by atoms with van der Waals surface area (Å²) in [5.41, 5.74) is 4.53. The van der Waals surface area contributed by atoms with Gasteiger partial charge in [0.15, 0.2) is 13.9 Å². The predicted molar refractivity (Wildman–Crippen MR) is 209 cm³/mol. The summed E-state index contributed by atoms with van der Waals surface area (Å²) in [7, 11) is -2.86. The molecule has 3 aliphatic heterocycles. The van der Waals surface area contributed by atoms with Crippen LogP contribution in [-0.2, 0) is 28.2 Å². The Balaban J connectivity index is 0.970. The van der Waals surface area contributed by atoms with Crippen LogP contribution < -0.4 is 9.80 Å². The molecule has 11 heteroatoms. The number of carbonyl (C=O) groups is 2. The number of benzene rings is 5. The zero-order chi connectivity index (χ0) is 37.4. The third-order valence-electron chi connectivity index (χ3n) is 11.6. The van der Waals surface area contributed by atoms with E-state index in [0.29, 0.717) is 30.8 Å². The van der Waals surface area contributed by atoms with E-state index in [1.54, 1.807) is 20.7 Å². The summed E-state index contributed by atoms with van der Waals surface area (Å²) in [6.07, 6.45) is 0.930. The number of aromatic nitrogens is 3. The number of amides is 2. The van der Waals surface area contributed by atoms with E-state index in [-0.39, 0.29) is 23.3 Å². The largest absolute Gasteiger partial charge is 0.432 e. The van der Waals surface area contributed by atoms with Gasteiger partial charge >= 0.3 is 0 Å². The van der Waals surface area contributed by atoms with Crippen LogP contribution in [0, 0.1) is 5.92 Å². The highest BCUT2D eigenvalue weighted by Gasteiger charge is 2.66. The van der Waals surface area contributed by atoms with E-state index < -0.39 is 26.1 Å². The molecule has 54 heavy (non-hydrogen) atoms. The van der Waals surface area contributed by atoms with Crippen molar-refractivity contribution >= 4 is 48.0 Å². The van der Waals surface area contributed by atoms with Crippen molar-refractivity contribution in [3.05, 3.63) is 149 Å². The van der Waals surface area contributed by atoms with Gasteiger partial charge in [-0.05, 0) is 66.4 Å². The second-order valence-electron chi connectivity index (χ2n) is 15.3. The molecule has 2 N–H and O–H groups in total. The lowest BCUT2D eigenvalue weighted by Crippen LogP contribution is -2.46. The molecule has 5 aromatic carbocycles. The maximum Gasteiger partial charge on any atom is 0.264 e. The number of hydrogen-bond donors (Lipinski definition) is 2. The highest BCUT2D eigenvalue weighted by atomic mass is 28.4. The summed E-state index contributed by atoms with van der Waals surface area (Å²) >= 11 is 0. The topological polar surface area (TPSA) is 121 Å². The van der Waals surface area contributed by atoms with Crippen LogP contribution in [0.2, 0.25) is 18.6 Å². The van der Waals surface area contributed by atoms with Gasteiger partial charge in [-0.15, -0.1) is 5.10 Å².